The van der Waals surface area contributed by atoms with Gasteiger partial charge in [0.05, 0.1) is 13.2 Å². The molecule has 0 bridgehead atoms. The highest BCUT2D eigenvalue weighted by Gasteiger charge is 2.31. The zero-order valence-electron chi connectivity index (χ0n) is 19.9. The van der Waals surface area contributed by atoms with Crippen molar-refractivity contribution in [3.8, 4) is 5.75 Å². The van der Waals surface area contributed by atoms with E-state index in [1.54, 1.807) is 0 Å². The summed E-state index contributed by atoms with van der Waals surface area (Å²) in [5.41, 5.74) is 3.33. The molecule has 1 unspecified atom stereocenters. The van der Waals surface area contributed by atoms with Gasteiger partial charge in [-0.3, -0.25) is 9.80 Å². The molecule has 0 fully saturated rings. The van der Waals surface area contributed by atoms with Crippen molar-refractivity contribution in [3.63, 3.8) is 0 Å². The average Bonchev–Trinajstić information content (AvgIpc) is 2.55. The van der Waals surface area contributed by atoms with Crippen LogP contribution in [0.4, 0.5) is 0 Å². The highest BCUT2D eigenvalue weighted by Crippen LogP contribution is 2.44. The lowest BCUT2D eigenvalue weighted by atomic mass is 9.68. The molecule has 1 aromatic rings. The lowest BCUT2D eigenvalue weighted by Crippen LogP contribution is -2.26. The Hall–Kier alpha value is -1.14. The van der Waals surface area contributed by atoms with Crippen molar-refractivity contribution in [2.45, 2.75) is 67.0 Å². The van der Waals surface area contributed by atoms with Crippen LogP contribution in [0.5, 0.6) is 5.75 Å². The number of phenolic OH excluding ortho intramolecular Hbond substituents is 1. The van der Waals surface area contributed by atoms with E-state index >= 15 is 0 Å². The molecule has 168 valence electrons. The molecule has 5 nitrogen and oxygen atoms in total. The van der Waals surface area contributed by atoms with E-state index in [-0.39, 0.29) is 24.0 Å². The minimum absolute atomic E-state index is 0.0901. The first kappa shape index (κ1) is 25.9. The van der Waals surface area contributed by atoms with Gasteiger partial charge in [0.1, 0.15) is 5.75 Å². The molecule has 3 N–H and O–H groups in total. The molecule has 0 saturated carbocycles. The fourth-order valence-electron chi connectivity index (χ4n) is 3.85. The Morgan fingerprint density at radius 3 is 1.55 bits per heavy atom. The summed E-state index contributed by atoms with van der Waals surface area (Å²) in [4.78, 5) is 4.05. The van der Waals surface area contributed by atoms with E-state index in [1.165, 1.54) is 5.56 Å². The van der Waals surface area contributed by atoms with Gasteiger partial charge in [-0.2, -0.15) is 0 Å². The number of aromatic hydroxyl groups is 1. The quantitative estimate of drug-likeness (QED) is 0.549. The van der Waals surface area contributed by atoms with Gasteiger partial charge in [-0.05, 0) is 42.8 Å². The van der Waals surface area contributed by atoms with Gasteiger partial charge in [0, 0.05) is 37.3 Å². The van der Waals surface area contributed by atoms with Crippen LogP contribution in [0.2, 0.25) is 0 Å². The second-order valence-electron chi connectivity index (χ2n) is 10.8. The molecule has 0 saturated heterocycles. The maximum atomic E-state index is 11.0. The first-order valence-corrected chi connectivity index (χ1v) is 10.7. The van der Waals surface area contributed by atoms with Gasteiger partial charge in [-0.15, -0.1) is 0 Å². The van der Waals surface area contributed by atoms with Crippen molar-refractivity contribution < 1.29 is 15.3 Å². The average molecular weight is 409 g/mol. The van der Waals surface area contributed by atoms with E-state index in [0.29, 0.717) is 37.8 Å². The second-order valence-corrected chi connectivity index (χ2v) is 10.8. The maximum Gasteiger partial charge on any atom is 0.124 e. The molecular formula is C24H44N2O3. The van der Waals surface area contributed by atoms with E-state index in [9.17, 15) is 15.3 Å². The predicted molar refractivity (Wildman–Crippen MR) is 121 cm³/mol. The predicted octanol–water partition coefficient (Wildman–Crippen LogP) is 3.81. The summed E-state index contributed by atoms with van der Waals surface area (Å²) in [7, 11) is 3.91. The van der Waals surface area contributed by atoms with Crippen molar-refractivity contribution in [2.75, 3.05) is 40.4 Å². The highest BCUT2D eigenvalue weighted by atomic mass is 16.3. The summed E-state index contributed by atoms with van der Waals surface area (Å²) in [5.74, 6) is 0.679. The van der Waals surface area contributed by atoms with Gasteiger partial charge in [0.25, 0.3) is 0 Å². The number of rotatable bonds is 10. The summed E-state index contributed by atoms with van der Waals surface area (Å²) >= 11 is 0. The van der Waals surface area contributed by atoms with E-state index in [1.807, 2.05) is 23.9 Å². The molecule has 1 atom stereocenters. The lowest BCUT2D eigenvalue weighted by molar-refractivity contribution is 0.211. The zero-order chi connectivity index (χ0) is 22.4. The van der Waals surface area contributed by atoms with Gasteiger partial charge in [0.2, 0.25) is 0 Å². The number of phenols is 1. The molecule has 0 aliphatic heterocycles. The maximum absolute atomic E-state index is 11.0. The molecule has 0 spiro atoms. The van der Waals surface area contributed by atoms with E-state index in [2.05, 4.69) is 53.7 Å². The van der Waals surface area contributed by atoms with Crippen LogP contribution >= 0.6 is 0 Å². The highest BCUT2D eigenvalue weighted by molar-refractivity contribution is 5.45. The fraction of sp³-hybridized carbons (Fsp3) is 0.750. The summed E-state index contributed by atoms with van der Waals surface area (Å²) in [6.07, 6.45) is 1.05. The molecule has 0 aromatic heterocycles. The number of likely N-dealkylation sites (N-methyl/N-ethyl adjacent to an activating group) is 2. The molecule has 5 heteroatoms. The first-order valence-electron chi connectivity index (χ1n) is 10.7. The minimum Gasteiger partial charge on any atom is -0.507 e. The Balaban J connectivity index is 3.45. The van der Waals surface area contributed by atoms with Crippen LogP contribution in [0, 0.1) is 10.8 Å². The van der Waals surface area contributed by atoms with Gasteiger partial charge in [-0.1, -0.05) is 53.7 Å². The summed E-state index contributed by atoms with van der Waals surface area (Å²) in [5, 5.41) is 29.5. The van der Waals surface area contributed by atoms with Crippen molar-refractivity contribution >= 4 is 0 Å². The largest absolute Gasteiger partial charge is 0.507 e. The third kappa shape index (κ3) is 8.63. The molecule has 1 aromatic carbocycles. The summed E-state index contributed by atoms with van der Waals surface area (Å²) in [6.45, 7) is 16.2. The molecule has 0 aliphatic rings. The molecule has 0 aliphatic carbocycles. The van der Waals surface area contributed by atoms with Crippen molar-refractivity contribution in [1.82, 2.24) is 9.80 Å². The summed E-state index contributed by atoms with van der Waals surface area (Å²) in [6, 6.07) is 4.31. The Kier molecular flexibility index (Phi) is 9.61. The minimum atomic E-state index is 0.0901. The standard InChI is InChI=1S/C24H44N2O3/c1-23(2,3)15-21(24(4,5)6)18-13-19(16-25(7)9-11-27)22(29)20(14-18)17-26(8)10-12-28/h13-14,21,27-29H,9-12,15-17H2,1-8H3. The topological polar surface area (TPSA) is 67.2 Å². The van der Waals surface area contributed by atoms with Gasteiger partial charge < -0.3 is 15.3 Å². The smallest absolute Gasteiger partial charge is 0.124 e. The lowest BCUT2D eigenvalue weighted by Gasteiger charge is -2.37. The Morgan fingerprint density at radius 2 is 1.24 bits per heavy atom. The van der Waals surface area contributed by atoms with Crippen LogP contribution < -0.4 is 0 Å². The third-order valence-corrected chi connectivity index (χ3v) is 5.40. The number of hydrogen-bond donors (Lipinski definition) is 3. The number of aliphatic hydroxyl groups is 2. The zero-order valence-corrected chi connectivity index (χ0v) is 19.9. The molecule has 29 heavy (non-hydrogen) atoms. The van der Waals surface area contributed by atoms with Crippen molar-refractivity contribution in [1.29, 1.82) is 0 Å². The summed E-state index contributed by atoms with van der Waals surface area (Å²) < 4.78 is 0. The van der Waals surface area contributed by atoms with Crippen LogP contribution in [0.15, 0.2) is 12.1 Å². The fourth-order valence-corrected chi connectivity index (χ4v) is 3.85. The molecular weight excluding hydrogens is 364 g/mol. The number of nitrogens with zero attached hydrogens (tertiary/aromatic N) is 2. The molecule has 0 heterocycles. The van der Waals surface area contributed by atoms with Crippen LogP contribution in [0.3, 0.4) is 0 Å². The monoisotopic (exact) mass is 408 g/mol. The van der Waals surface area contributed by atoms with E-state index in [4.69, 9.17) is 0 Å². The molecule has 0 radical (unpaired) electrons. The van der Waals surface area contributed by atoms with Crippen LogP contribution in [0.25, 0.3) is 0 Å². The Bertz CT molecular complexity index is 597. The van der Waals surface area contributed by atoms with Crippen LogP contribution in [-0.2, 0) is 13.1 Å². The normalized spacial score (nSPS) is 14.1. The Morgan fingerprint density at radius 1 is 0.828 bits per heavy atom. The second kappa shape index (κ2) is 10.8. The van der Waals surface area contributed by atoms with Crippen LogP contribution in [-0.4, -0.2) is 65.5 Å². The van der Waals surface area contributed by atoms with Gasteiger partial charge in [0.15, 0.2) is 0 Å². The van der Waals surface area contributed by atoms with Crippen molar-refractivity contribution in [2.24, 2.45) is 10.8 Å². The number of hydrogen-bond acceptors (Lipinski definition) is 5. The molecule has 0 amide bonds. The molecule has 1 rings (SSSR count). The number of aliphatic hydroxyl groups excluding tert-OH is 2. The number of benzene rings is 1. The van der Waals surface area contributed by atoms with E-state index in [0.717, 1.165) is 17.5 Å². The third-order valence-electron chi connectivity index (χ3n) is 5.40. The Labute approximate surface area is 178 Å². The van der Waals surface area contributed by atoms with Crippen LogP contribution in [0.1, 0.15) is 70.6 Å². The first-order chi connectivity index (χ1) is 13.3. The van der Waals surface area contributed by atoms with Gasteiger partial charge >= 0.3 is 0 Å². The van der Waals surface area contributed by atoms with E-state index < -0.39 is 0 Å². The van der Waals surface area contributed by atoms with Crippen molar-refractivity contribution in [3.05, 3.63) is 28.8 Å². The SMILES string of the molecule is CN(CCO)Cc1cc(C(CC(C)(C)C)C(C)(C)C)cc(CN(C)CCO)c1O. The van der Waals surface area contributed by atoms with Gasteiger partial charge in [-0.25, -0.2) is 0 Å².